The van der Waals surface area contributed by atoms with Gasteiger partial charge in [0.15, 0.2) is 5.78 Å². The van der Waals surface area contributed by atoms with Crippen LogP contribution in [-0.4, -0.2) is 49.3 Å². The quantitative estimate of drug-likeness (QED) is 0.791. The van der Waals surface area contributed by atoms with Crippen LogP contribution in [0, 0.1) is 0 Å². The molecule has 2 N–H and O–H groups in total. The lowest BCUT2D eigenvalue weighted by molar-refractivity contribution is -0.116. The van der Waals surface area contributed by atoms with Crippen LogP contribution in [0.15, 0.2) is 24.3 Å². The largest absolute Gasteiger partial charge is 0.326 e. The van der Waals surface area contributed by atoms with Crippen LogP contribution in [0.2, 0.25) is 0 Å². The second-order valence-corrected chi connectivity index (χ2v) is 5.02. The van der Waals surface area contributed by atoms with Crippen molar-refractivity contribution in [1.82, 2.24) is 10.2 Å². The minimum Gasteiger partial charge on any atom is -0.326 e. The summed E-state index contributed by atoms with van der Waals surface area (Å²) in [5, 5.41) is 6.14. The van der Waals surface area contributed by atoms with E-state index in [4.69, 9.17) is 0 Å². The molecule has 0 aromatic heterocycles. The van der Waals surface area contributed by atoms with E-state index in [0.717, 1.165) is 38.4 Å². The summed E-state index contributed by atoms with van der Waals surface area (Å²) >= 11 is 0. The lowest BCUT2D eigenvalue weighted by Gasteiger charge is -2.26. The van der Waals surface area contributed by atoms with Crippen LogP contribution < -0.4 is 10.6 Å². The molecule has 1 heterocycles. The Morgan fingerprint density at radius 3 is 2.45 bits per heavy atom. The van der Waals surface area contributed by atoms with Gasteiger partial charge in [0.1, 0.15) is 0 Å². The summed E-state index contributed by atoms with van der Waals surface area (Å²) in [7, 11) is 0. The summed E-state index contributed by atoms with van der Waals surface area (Å²) in [4.78, 5) is 25.3. The number of hydrogen-bond acceptors (Lipinski definition) is 4. The number of carbonyl (C=O) groups excluding carboxylic acids is 2. The number of carbonyl (C=O) groups is 2. The number of nitrogens with zero attached hydrogens (tertiary/aromatic N) is 1. The molecule has 0 unspecified atom stereocenters. The third kappa shape index (κ3) is 4.43. The number of benzene rings is 1. The zero-order valence-corrected chi connectivity index (χ0v) is 11.8. The highest BCUT2D eigenvalue weighted by molar-refractivity contribution is 5.95. The second-order valence-electron chi connectivity index (χ2n) is 5.02. The number of rotatable bonds is 5. The van der Waals surface area contributed by atoms with Crippen molar-refractivity contribution >= 4 is 17.4 Å². The fourth-order valence-corrected chi connectivity index (χ4v) is 2.21. The van der Waals surface area contributed by atoms with Crippen LogP contribution in [0.1, 0.15) is 23.7 Å². The van der Waals surface area contributed by atoms with Crippen LogP contribution in [-0.2, 0) is 4.79 Å². The minimum absolute atomic E-state index is 0.0131. The third-order valence-corrected chi connectivity index (χ3v) is 3.44. The predicted octanol–water partition coefficient (Wildman–Crippen LogP) is 1.12. The molecule has 0 saturated carbocycles. The van der Waals surface area contributed by atoms with Crippen molar-refractivity contribution in [2.75, 3.05) is 38.0 Å². The molecular weight excluding hydrogens is 254 g/mol. The van der Waals surface area contributed by atoms with E-state index in [2.05, 4.69) is 15.5 Å². The van der Waals surface area contributed by atoms with Crippen molar-refractivity contribution in [1.29, 1.82) is 0 Å². The van der Waals surface area contributed by atoms with Crippen molar-refractivity contribution in [3.63, 3.8) is 0 Å². The maximum absolute atomic E-state index is 11.9. The molecule has 2 rings (SSSR count). The van der Waals surface area contributed by atoms with Crippen molar-refractivity contribution in [2.24, 2.45) is 0 Å². The smallest absolute Gasteiger partial charge is 0.225 e. The predicted molar refractivity (Wildman–Crippen MR) is 79.0 cm³/mol. The average Bonchev–Trinajstić information content (AvgIpc) is 2.47. The molecule has 0 atom stereocenters. The zero-order chi connectivity index (χ0) is 14.4. The molecule has 1 fully saturated rings. The van der Waals surface area contributed by atoms with E-state index in [9.17, 15) is 9.59 Å². The molecule has 1 aromatic rings. The van der Waals surface area contributed by atoms with Crippen molar-refractivity contribution in [3.8, 4) is 0 Å². The van der Waals surface area contributed by atoms with Gasteiger partial charge in [0.2, 0.25) is 5.91 Å². The number of anilines is 1. The molecule has 0 radical (unpaired) electrons. The Kier molecular flexibility index (Phi) is 5.26. The van der Waals surface area contributed by atoms with Crippen molar-refractivity contribution in [2.45, 2.75) is 13.3 Å². The van der Waals surface area contributed by atoms with Gasteiger partial charge in [-0.05, 0) is 31.2 Å². The summed E-state index contributed by atoms with van der Waals surface area (Å²) in [5.74, 6) is 0.0423. The average molecular weight is 275 g/mol. The van der Waals surface area contributed by atoms with Crippen LogP contribution in [0.3, 0.4) is 0 Å². The van der Waals surface area contributed by atoms with Crippen LogP contribution >= 0.6 is 0 Å². The normalized spacial score (nSPS) is 15.8. The Bertz CT molecular complexity index is 465. The van der Waals surface area contributed by atoms with E-state index in [0.29, 0.717) is 12.0 Å². The first-order valence-corrected chi connectivity index (χ1v) is 6.99. The Morgan fingerprint density at radius 1 is 1.20 bits per heavy atom. The Morgan fingerprint density at radius 2 is 1.85 bits per heavy atom. The fraction of sp³-hybridized carbons (Fsp3) is 0.467. The standard InChI is InChI=1S/C15H21N3O2/c1-12(19)13-2-4-14(5-3-13)17-15(20)6-9-18-10-7-16-8-11-18/h2-5,16H,6-11H2,1H3,(H,17,20). The van der Waals surface area contributed by atoms with Gasteiger partial charge >= 0.3 is 0 Å². The molecule has 1 aliphatic heterocycles. The number of hydrogen-bond donors (Lipinski definition) is 2. The maximum Gasteiger partial charge on any atom is 0.225 e. The third-order valence-electron chi connectivity index (χ3n) is 3.44. The van der Waals surface area contributed by atoms with Gasteiger partial charge in [0.25, 0.3) is 0 Å². The number of nitrogens with one attached hydrogen (secondary N) is 2. The number of piperazine rings is 1. The molecule has 1 aliphatic rings. The SMILES string of the molecule is CC(=O)c1ccc(NC(=O)CCN2CCNCC2)cc1. The summed E-state index contributed by atoms with van der Waals surface area (Å²) in [6.07, 6.45) is 0.495. The summed E-state index contributed by atoms with van der Waals surface area (Å²) in [5.41, 5.74) is 1.39. The van der Waals surface area contributed by atoms with E-state index in [-0.39, 0.29) is 11.7 Å². The Balaban J connectivity index is 1.77. The van der Waals surface area contributed by atoms with E-state index < -0.39 is 0 Å². The summed E-state index contributed by atoms with van der Waals surface area (Å²) < 4.78 is 0. The first-order chi connectivity index (χ1) is 9.65. The highest BCUT2D eigenvalue weighted by Crippen LogP contribution is 2.10. The second kappa shape index (κ2) is 7.17. The fourth-order valence-electron chi connectivity index (χ4n) is 2.21. The molecule has 0 bridgehead atoms. The highest BCUT2D eigenvalue weighted by Gasteiger charge is 2.11. The lowest BCUT2D eigenvalue weighted by Crippen LogP contribution is -2.44. The highest BCUT2D eigenvalue weighted by atomic mass is 16.1. The van der Waals surface area contributed by atoms with Gasteiger partial charge in [-0.25, -0.2) is 0 Å². The molecule has 108 valence electrons. The monoisotopic (exact) mass is 275 g/mol. The van der Waals surface area contributed by atoms with Gasteiger partial charge in [0.05, 0.1) is 0 Å². The van der Waals surface area contributed by atoms with E-state index >= 15 is 0 Å². The summed E-state index contributed by atoms with van der Waals surface area (Å²) in [6.45, 7) is 6.31. The van der Waals surface area contributed by atoms with Gasteiger partial charge in [-0.3, -0.25) is 9.59 Å². The van der Waals surface area contributed by atoms with E-state index in [1.165, 1.54) is 6.92 Å². The topological polar surface area (TPSA) is 61.4 Å². The molecule has 5 heteroatoms. The first-order valence-electron chi connectivity index (χ1n) is 6.99. The van der Waals surface area contributed by atoms with Gasteiger partial charge in [-0.2, -0.15) is 0 Å². The van der Waals surface area contributed by atoms with Gasteiger partial charge in [-0.15, -0.1) is 0 Å². The molecular formula is C15H21N3O2. The van der Waals surface area contributed by atoms with E-state index in [1.54, 1.807) is 24.3 Å². The first kappa shape index (κ1) is 14.7. The Hall–Kier alpha value is -1.72. The Labute approximate surface area is 119 Å². The molecule has 20 heavy (non-hydrogen) atoms. The molecule has 1 aromatic carbocycles. The molecule has 0 spiro atoms. The molecule has 1 amide bonds. The summed E-state index contributed by atoms with van der Waals surface area (Å²) in [6, 6.07) is 6.99. The van der Waals surface area contributed by atoms with Gasteiger partial charge < -0.3 is 15.5 Å². The van der Waals surface area contributed by atoms with Crippen LogP contribution in [0.4, 0.5) is 5.69 Å². The van der Waals surface area contributed by atoms with Gasteiger partial charge in [-0.1, -0.05) is 0 Å². The number of ketones is 1. The van der Waals surface area contributed by atoms with Crippen LogP contribution in [0.25, 0.3) is 0 Å². The molecule has 1 saturated heterocycles. The number of Topliss-reactive ketones (excluding diaryl/α,β-unsaturated/α-hetero) is 1. The van der Waals surface area contributed by atoms with Crippen LogP contribution in [0.5, 0.6) is 0 Å². The zero-order valence-electron chi connectivity index (χ0n) is 11.8. The molecule has 5 nitrogen and oxygen atoms in total. The van der Waals surface area contributed by atoms with E-state index in [1.807, 2.05) is 0 Å². The molecule has 0 aliphatic carbocycles. The van der Waals surface area contributed by atoms with Crippen molar-refractivity contribution in [3.05, 3.63) is 29.8 Å². The lowest BCUT2D eigenvalue weighted by atomic mass is 10.1. The number of amides is 1. The minimum atomic E-state index is 0.0131. The maximum atomic E-state index is 11.9. The van der Waals surface area contributed by atoms with Gasteiger partial charge in [0, 0.05) is 50.4 Å². The van der Waals surface area contributed by atoms with Crippen molar-refractivity contribution < 1.29 is 9.59 Å².